The summed E-state index contributed by atoms with van der Waals surface area (Å²) < 4.78 is 1.28. The Morgan fingerprint density at radius 3 is 2.41 bits per heavy atom. The van der Waals surface area contributed by atoms with E-state index in [4.69, 9.17) is 0 Å². The number of fused-ring (bicyclic) bond motifs is 1. The van der Waals surface area contributed by atoms with E-state index in [1.54, 1.807) is 0 Å². The lowest BCUT2D eigenvalue weighted by atomic mass is 10.00. The molecule has 1 heterocycles. The number of hydrogen-bond acceptors (Lipinski definition) is 1. The Bertz CT molecular complexity index is 710. The van der Waals surface area contributed by atoms with Crippen molar-refractivity contribution in [2.75, 3.05) is 0 Å². The Balaban J connectivity index is 3.01. The van der Waals surface area contributed by atoms with E-state index in [0.717, 1.165) is 10.4 Å². The molecule has 0 N–H and O–H groups in total. The number of hydrogen-bond donors (Lipinski definition) is 0. The third-order valence-corrected chi connectivity index (χ3v) is 4.18. The second-order valence-corrected chi connectivity index (χ2v) is 6.07. The molecule has 2 aromatic rings. The van der Waals surface area contributed by atoms with Crippen molar-refractivity contribution in [3.8, 4) is 0 Å². The number of benzene rings is 1. The molecule has 17 heavy (non-hydrogen) atoms. The molecule has 0 aliphatic heterocycles. The average molecular weight is 242 g/mol. The molecule has 1 heteroatoms. The molecule has 0 saturated heterocycles. The minimum atomic E-state index is 1.14. The summed E-state index contributed by atoms with van der Waals surface area (Å²) in [6.45, 7) is 17.0. The average Bonchev–Trinajstić information content (AvgIpc) is 2.63. The summed E-state index contributed by atoms with van der Waals surface area (Å²) in [6.07, 6.45) is 2.21. The zero-order valence-corrected chi connectivity index (χ0v) is 11.8. The molecule has 0 aliphatic carbocycles. The van der Waals surface area contributed by atoms with E-state index in [1.807, 2.05) is 11.3 Å². The predicted octanol–water partition coefficient (Wildman–Crippen LogP) is 3.76. The molecule has 0 radical (unpaired) electrons. The first-order valence-electron chi connectivity index (χ1n) is 5.77. The van der Waals surface area contributed by atoms with Gasteiger partial charge in [0.1, 0.15) is 0 Å². The highest BCUT2D eigenvalue weighted by Gasteiger charge is 2.07. The fourth-order valence-corrected chi connectivity index (χ4v) is 3.18. The molecular formula is C16H18S. The second-order valence-electron chi connectivity index (χ2n) is 4.82. The van der Waals surface area contributed by atoms with Crippen LogP contribution in [0.3, 0.4) is 0 Å². The Kier molecular flexibility index (Phi) is 2.96. The van der Waals surface area contributed by atoms with Crippen molar-refractivity contribution in [1.29, 1.82) is 0 Å². The van der Waals surface area contributed by atoms with E-state index in [0.29, 0.717) is 0 Å². The van der Waals surface area contributed by atoms with Gasteiger partial charge in [-0.2, -0.15) is 0 Å². The molecule has 2 rings (SSSR count). The molecule has 1 aromatic carbocycles. The molecule has 0 bridgehead atoms. The minimum absolute atomic E-state index is 1.14. The van der Waals surface area contributed by atoms with Crippen LogP contribution in [-0.2, 0) is 0 Å². The molecule has 88 valence electrons. The summed E-state index contributed by atoms with van der Waals surface area (Å²) in [5.41, 5.74) is 3.79. The van der Waals surface area contributed by atoms with Crippen molar-refractivity contribution in [2.45, 2.75) is 27.7 Å². The van der Waals surface area contributed by atoms with Crippen LogP contribution >= 0.6 is 11.3 Å². The smallest absolute Gasteiger partial charge is 0.0424 e. The summed E-state index contributed by atoms with van der Waals surface area (Å²) in [6, 6.07) is 2.22. The van der Waals surface area contributed by atoms with Crippen LogP contribution in [0.4, 0.5) is 0 Å². The van der Waals surface area contributed by atoms with Gasteiger partial charge in [0.05, 0.1) is 0 Å². The SMILES string of the molecule is C=c1c(C)c(C=C(C)C)c(=C)c2sc(C)cc12. The van der Waals surface area contributed by atoms with Gasteiger partial charge in [-0.15, -0.1) is 11.3 Å². The lowest BCUT2D eigenvalue weighted by Crippen LogP contribution is -2.16. The van der Waals surface area contributed by atoms with Crippen molar-refractivity contribution in [3.05, 3.63) is 38.1 Å². The zero-order valence-electron chi connectivity index (χ0n) is 11.0. The van der Waals surface area contributed by atoms with Gasteiger partial charge < -0.3 is 0 Å². The van der Waals surface area contributed by atoms with Crippen molar-refractivity contribution in [1.82, 2.24) is 0 Å². The van der Waals surface area contributed by atoms with Gasteiger partial charge >= 0.3 is 0 Å². The third kappa shape index (κ3) is 1.96. The lowest BCUT2D eigenvalue weighted by Gasteiger charge is -2.05. The van der Waals surface area contributed by atoms with Gasteiger partial charge in [-0.05, 0) is 55.3 Å². The summed E-state index contributed by atoms with van der Waals surface area (Å²) >= 11 is 1.81. The maximum atomic E-state index is 4.26. The highest BCUT2D eigenvalue weighted by molar-refractivity contribution is 7.19. The normalized spacial score (nSPS) is 10.8. The number of rotatable bonds is 1. The van der Waals surface area contributed by atoms with Gasteiger partial charge in [0.2, 0.25) is 0 Å². The molecule has 0 amide bonds. The zero-order chi connectivity index (χ0) is 12.7. The standard InChI is InChI=1S/C16H18S/c1-9(2)7-14-11(4)12(5)15-8-10(3)17-16(15)13(14)6/h7-8H,5-6H2,1-4H3. The van der Waals surface area contributed by atoms with Crippen LogP contribution in [0, 0.1) is 13.8 Å². The van der Waals surface area contributed by atoms with E-state index in [9.17, 15) is 0 Å². The molecule has 0 spiro atoms. The van der Waals surface area contributed by atoms with Crippen molar-refractivity contribution < 1.29 is 0 Å². The molecule has 0 nitrogen and oxygen atoms in total. The third-order valence-electron chi connectivity index (χ3n) is 3.07. The van der Waals surface area contributed by atoms with Gasteiger partial charge in [-0.1, -0.05) is 24.8 Å². The van der Waals surface area contributed by atoms with Crippen molar-refractivity contribution >= 4 is 40.7 Å². The van der Waals surface area contributed by atoms with Crippen LogP contribution in [0.1, 0.15) is 29.9 Å². The van der Waals surface area contributed by atoms with Crippen LogP contribution < -0.4 is 10.4 Å². The fourth-order valence-electron chi connectivity index (χ4n) is 2.16. The maximum Gasteiger partial charge on any atom is 0.0424 e. The quantitative estimate of drug-likeness (QED) is 0.714. The van der Waals surface area contributed by atoms with Crippen LogP contribution in [0.15, 0.2) is 11.6 Å². The van der Waals surface area contributed by atoms with Crippen LogP contribution in [0.2, 0.25) is 0 Å². The summed E-state index contributed by atoms with van der Waals surface area (Å²) in [4.78, 5) is 1.32. The van der Waals surface area contributed by atoms with Crippen molar-refractivity contribution in [2.24, 2.45) is 0 Å². The maximum absolute atomic E-state index is 4.26. The van der Waals surface area contributed by atoms with Gasteiger partial charge in [0.25, 0.3) is 0 Å². The minimum Gasteiger partial charge on any atom is -0.140 e. The number of aryl methyl sites for hydroxylation is 1. The largest absolute Gasteiger partial charge is 0.140 e. The highest BCUT2D eigenvalue weighted by atomic mass is 32.1. The molecule has 1 aromatic heterocycles. The molecular weight excluding hydrogens is 224 g/mol. The van der Waals surface area contributed by atoms with Crippen LogP contribution in [-0.4, -0.2) is 0 Å². The summed E-state index contributed by atoms with van der Waals surface area (Å²) in [5.74, 6) is 0. The lowest BCUT2D eigenvalue weighted by molar-refractivity contribution is 1.37. The van der Waals surface area contributed by atoms with Gasteiger partial charge in [-0.3, -0.25) is 0 Å². The number of thiophene rings is 1. The Morgan fingerprint density at radius 2 is 1.82 bits per heavy atom. The first kappa shape index (κ1) is 12.1. The van der Waals surface area contributed by atoms with E-state index in [-0.39, 0.29) is 0 Å². The monoisotopic (exact) mass is 242 g/mol. The first-order valence-corrected chi connectivity index (χ1v) is 6.59. The molecule has 0 atom stereocenters. The Hall–Kier alpha value is -1.34. The summed E-state index contributed by atoms with van der Waals surface area (Å²) in [5, 5.41) is 3.55. The summed E-state index contributed by atoms with van der Waals surface area (Å²) in [7, 11) is 0. The Labute approximate surface area is 107 Å². The highest BCUT2D eigenvalue weighted by Crippen LogP contribution is 2.21. The fraction of sp³-hybridized carbons (Fsp3) is 0.250. The van der Waals surface area contributed by atoms with Crippen LogP contribution in [0.25, 0.3) is 29.3 Å². The molecule has 0 saturated carbocycles. The second kappa shape index (κ2) is 4.15. The van der Waals surface area contributed by atoms with Gasteiger partial charge in [-0.25, -0.2) is 0 Å². The predicted molar refractivity (Wildman–Crippen MR) is 80.9 cm³/mol. The van der Waals surface area contributed by atoms with Crippen molar-refractivity contribution in [3.63, 3.8) is 0 Å². The molecule has 0 fully saturated rings. The topological polar surface area (TPSA) is 0 Å². The van der Waals surface area contributed by atoms with E-state index < -0.39 is 0 Å². The van der Waals surface area contributed by atoms with Gasteiger partial charge in [0, 0.05) is 15.0 Å². The van der Waals surface area contributed by atoms with Crippen LogP contribution in [0.5, 0.6) is 0 Å². The van der Waals surface area contributed by atoms with E-state index >= 15 is 0 Å². The molecule has 0 unspecified atom stereocenters. The first-order chi connectivity index (χ1) is 7.91. The molecule has 0 aliphatic rings. The van der Waals surface area contributed by atoms with Gasteiger partial charge in [0.15, 0.2) is 0 Å². The van der Waals surface area contributed by atoms with E-state index in [1.165, 1.54) is 31.7 Å². The Morgan fingerprint density at radius 1 is 1.18 bits per heavy atom. The number of allylic oxidation sites excluding steroid dienone is 1. The van der Waals surface area contributed by atoms with E-state index in [2.05, 4.69) is 53.0 Å².